The normalized spacial score (nSPS) is 11.3. The van der Waals surface area contributed by atoms with Gasteiger partial charge in [-0.3, -0.25) is 0 Å². The lowest BCUT2D eigenvalue weighted by molar-refractivity contribution is 0.455. The molecule has 0 unspecified atom stereocenters. The first kappa shape index (κ1) is 18.9. The van der Waals surface area contributed by atoms with Crippen molar-refractivity contribution >= 4 is 27.7 Å². The molecule has 0 saturated carbocycles. The minimum Gasteiger partial charge on any atom is -0.226 e. The summed E-state index contributed by atoms with van der Waals surface area (Å²) in [4.78, 5) is 1.62. The van der Waals surface area contributed by atoms with Gasteiger partial charge in [-0.2, -0.15) is 9.90 Å². The van der Waals surface area contributed by atoms with E-state index in [1.165, 1.54) is 5.56 Å². The second kappa shape index (κ2) is 8.28. The van der Waals surface area contributed by atoms with Crippen molar-refractivity contribution in [3.8, 4) is 17.1 Å². The summed E-state index contributed by atoms with van der Waals surface area (Å²) in [6.45, 7) is 4.06. The van der Waals surface area contributed by atoms with Crippen LogP contribution in [0.2, 0.25) is 0 Å². The fourth-order valence-electron chi connectivity index (χ4n) is 2.70. The molecule has 0 atom stereocenters. The number of benzene rings is 2. The molecule has 2 aromatic heterocycles. The molecule has 4 aromatic rings. The molecule has 6 nitrogen and oxygen atoms in total. The number of hydrogen-bond donors (Lipinski definition) is 0. The van der Waals surface area contributed by atoms with E-state index in [0.717, 1.165) is 26.5 Å². The fourth-order valence-corrected chi connectivity index (χ4v) is 4.16. The Labute approximate surface area is 176 Å². The SMILES string of the molecule is CC(C)n1nnc(-c2cnn(-c3cccc(Br)c3)c2SCc2ccccc2)n1. The van der Waals surface area contributed by atoms with Crippen LogP contribution in [0.4, 0.5) is 0 Å². The van der Waals surface area contributed by atoms with Gasteiger partial charge in [-0.15, -0.1) is 22.0 Å². The monoisotopic (exact) mass is 454 g/mol. The maximum absolute atomic E-state index is 4.63. The smallest absolute Gasteiger partial charge is 0.209 e. The Morgan fingerprint density at radius 3 is 2.61 bits per heavy atom. The fraction of sp³-hybridized carbons (Fsp3) is 0.200. The molecule has 2 aromatic carbocycles. The minimum atomic E-state index is 0.154. The zero-order chi connectivity index (χ0) is 19.5. The van der Waals surface area contributed by atoms with Crippen molar-refractivity contribution in [1.29, 1.82) is 0 Å². The molecule has 0 N–H and O–H groups in total. The van der Waals surface area contributed by atoms with Gasteiger partial charge in [0.15, 0.2) is 0 Å². The van der Waals surface area contributed by atoms with Crippen LogP contribution in [0.25, 0.3) is 17.1 Å². The zero-order valence-corrected chi connectivity index (χ0v) is 17.9. The quantitative estimate of drug-likeness (QED) is 0.376. The van der Waals surface area contributed by atoms with Crippen LogP contribution >= 0.6 is 27.7 Å². The summed E-state index contributed by atoms with van der Waals surface area (Å²) in [6.07, 6.45) is 1.82. The molecule has 0 saturated heterocycles. The van der Waals surface area contributed by atoms with Crippen LogP contribution in [0.5, 0.6) is 0 Å². The summed E-state index contributed by atoms with van der Waals surface area (Å²) in [5, 5.41) is 18.6. The summed E-state index contributed by atoms with van der Waals surface area (Å²) in [5.41, 5.74) is 3.11. The Kier molecular flexibility index (Phi) is 5.59. The van der Waals surface area contributed by atoms with Gasteiger partial charge in [-0.05, 0) is 42.8 Å². The van der Waals surface area contributed by atoms with Crippen LogP contribution in [-0.4, -0.2) is 30.0 Å². The molecule has 0 bridgehead atoms. The molecule has 142 valence electrons. The van der Waals surface area contributed by atoms with Gasteiger partial charge in [-0.1, -0.05) is 52.3 Å². The zero-order valence-electron chi connectivity index (χ0n) is 15.5. The first-order valence-corrected chi connectivity index (χ1v) is 10.7. The minimum absolute atomic E-state index is 0.154. The van der Waals surface area contributed by atoms with Crippen LogP contribution in [-0.2, 0) is 5.75 Å². The van der Waals surface area contributed by atoms with E-state index in [-0.39, 0.29) is 6.04 Å². The van der Waals surface area contributed by atoms with Crippen LogP contribution in [0, 0.1) is 0 Å². The van der Waals surface area contributed by atoms with E-state index in [4.69, 9.17) is 0 Å². The second-order valence-corrected chi connectivity index (χ2v) is 8.44. The molecule has 0 radical (unpaired) electrons. The molecule has 4 rings (SSSR count). The molecular weight excluding hydrogens is 436 g/mol. The van der Waals surface area contributed by atoms with Gasteiger partial charge in [0.1, 0.15) is 5.03 Å². The van der Waals surface area contributed by atoms with Gasteiger partial charge in [0.25, 0.3) is 0 Å². The Hall–Kier alpha value is -2.45. The van der Waals surface area contributed by atoms with Crippen LogP contribution in [0.3, 0.4) is 0 Å². The standard InChI is InChI=1S/C20H19BrN6S/c1-14(2)27-24-19(23-25-27)18-12-22-26(17-10-6-9-16(21)11-17)20(18)28-13-15-7-4-3-5-8-15/h3-12,14H,13H2,1-2H3. The highest BCUT2D eigenvalue weighted by Crippen LogP contribution is 2.34. The average Bonchev–Trinajstić information content (AvgIpc) is 3.34. The summed E-state index contributed by atoms with van der Waals surface area (Å²) < 4.78 is 2.94. The van der Waals surface area contributed by atoms with Gasteiger partial charge >= 0.3 is 0 Å². The third kappa shape index (κ3) is 4.02. The number of hydrogen-bond acceptors (Lipinski definition) is 5. The van der Waals surface area contributed by atoms with Crippen LogP contribution in [0.1, 0.15) is 25.5 Å². The predicted octanol–water partition coefficient (Wildman–Crippen LogP) is 5.16. The van der Waals surface area contributed by atoms with E-state index >= 15 is 0 Å². The topological polar surface area (TPSA) is 61.4 Å². The first-order chi connectivity index (χ1) is 13.6. The predicted molar refractivity (Wildman–Crippen MR) is 114 cm³/mol. The number of aromatic nitrogens is 6. The van der Waals surface area contributed by atoms with E-state index in [9.17, 15) is 0 Å². The Bertz CT molecular complexity index is 1070. The molecule has 0 aliphatic rings. The van der Waals surface area contributed by atoms with Gasteiger partial charge in [0.2, 0.25) is 5.82 Å². The molecule has 0 aliphatic carbocycles. The summed E-state index contributed by atoms with van der Waals surface area (Å²) in [7, 11) is 0. The highest BCUT2D eigenvalue weighted by molar-refractivity contribution is 9.10. The Morgan fingerprint density at radius 1 is 1.07 bits per heavy atom. The summed E-state index contributed by atoms with van der Waals surface area (Å²) in [5.74, 6) is 1.41. The maximum Gasteiger partial charge on any atom is 0.209 e. The molecule has 0 aliphatic heterocycles. The molecular formula is C20H19BrN6S. The lowest BCUT2D eigenvalue weighted by Crippen LogP contribution is -2.04. The van der Waals surface area contributed by atoms with Gasteiger partial charge in [0, 0.05) is 10.2 Å². The van der Waals surface area contributed by atoms with Crippen molar-refractivity contribution in [3.63, 3.8) is 0 Å². The number of halogens is 1. The number of tetrazole rings is 1. The van der Waals surface area contributed by atoms with Crippen LogP contribution in [0.15, 0.2) is 70.3 Å². The molecule has 28 heavy (non-hydrogen) atoms. The number of thioether (sulfide) groups is 1. The molecule has 0 spiro atoms. The Balaban J connectivity index is 1.75. The molecule has 0 amide bonds. The Morgan fingerprint density at radius 2 is 1.89 bits per heavy atom. The van der Waals surface area contributed by atoms with Crippen molar-refractivity contribution in [2.24, 2.45) is 0 Å². The largest absolute Gasteiger partial charge is 0.226 e. The molecule has 8 heteroatoms. The van der Waals surface area contributed by atoms with Crippen molar-refractivity contribution in [2.75, 3.05) is 0 Å². The number of nitrogens with zero attached hydrogens (tertiary/aromatic N) is 6. The van der Waals surface area contributed by atoms with Crippen molar-refractivity contribution in [3.05, 3.63) is 70.8 Å². The number of rotatable bonds is 6. The average molecular weight is 455 g/mol. The van der Waals surface area contributed by atoms with E-state index in [0.29, 0.717) is 5.82 Å². The highest BCUT2D eigenvalue weighted by atomic mass is 79.9. The summed E-state index contributed by atoms with van der Waals surface area (Å²) >= 11 is 5.26. The van der Waals surface area contributed by atoms with Gasteiger partial charge < -0.3 is 0 Å². The van der Waals surface area contributed by atoms with E-state index in [1.54, 1.807) is 16.6 Å². The van der Waals surface area contributed by atoms with Gasteiger partial charge in [-0.25, -0.2) is 4.68 Å². The second-order valence-electron chi connectivity index (χ2n) is 6.56. The maximum atomic E-state index is 4.63. The molecule has 0 fully saturated rings. The third-order valence-corrected chi connectivity index (χ3v) is 5.76. The first-order valence-electron chi connectivity index (χ1n) is 8.92. The summed E-state index contributed by atoms with van der Waals surface area (Å²) in [6, 6.07) is 18.6. The van der Waals surface area contributed by atoms with Gasteiger partial charge in [0.05, 0.1) is 23.5 Å². The lowest BCUT2D eigenvalue weighted by Gasteiger charge is -2.09. The van der Waals surface area contributed by atoms with Crippen molar-refractivity contribution < 1.29 is 0 Å². The van der Waals surface area contributed by atoms with E-state index < -0.39 is 0 Å². The van der Waals surface area contributed by atoms with Crippen molar-refractivity contribution in [1.82, 2.24) is 30.0 Å². The van der Waals surface area contributed by atoms with Crippen LogP contribution < -0.4 is 0 Å². The third-order valence-electron chi connectivity index (χ3n) is 4.13. The molecule has 2 heterocycles. The van der Waals surface area contributed by atoms with Crippen molar-refractivity contribution in [2.45, 2.75) is 30.7 Å². The highest BCUT2D eigenvalue weighted by Gasteiger charge is 2.19. The van der Waals surface area contributed by atoms with E-state index in [1.807, 2.05) is 55.1 Å². The lowest BCUT2D eigenvalue weighted by atomic mass is 10.2. The van der Waals surface area contributed by atoms with E-state index in [2.05, 4.69) is 60.7 Å².